The monoisotopic (exact) mass is 294 g/mol. The van der Waals surface area contributed by atoms with Crippen LogP contribution in [0.3, 0.4) is 0 Å². The number of carbonyl (C=O) groups is 1. The molecular weight excluding hydrogens is 280 g/mol. The van der Waals surface area contributed by atoms with E-state index in [1.807, 2.05) is 60.0 Å². The summed E-state index contributed by atoms with van der Waals surface area (Å²) in [5.41, 5.74) is 2.90. The second-order valence-electron chi connectivity index (χ2n) is 4.70. The molecule has 104 valence electrons. The highest BCUT2D eigenvalue weighted by atomic mass is 32.1. The molecule has 3 aromatic rings. The van der Waals surface area contributed by atoms with E-state index in [-0.39, 0.29) is 12.3 Å². The van der Waals surface area contributed by atoms with Gasteiger partial charge in [0.15, 0.2) is 10.6 Å². The van der Waals surface area contributed by atoms with E-state index in [4.69, 9.17) is 5.41 Å². The standard InChI is InChI=1S/C17H14N2OS/c18-17-19(10-11-21-17)12-16(20)15-8-6-14(7-9-15)13-4-2-1-3-5-13/h1-11,18H,12H2. The normalized spacial score (nSPS) is 10.5. The minimum Gasteiger partial charge on any atom is -0.316 e. The predicted molar refractivity (Wildman–Crippen MR) is 84.4 cm³/mol. The van der Waals surface area contributed by atoms with Gasteiger partial charge < -0.3 is 4.57 Å². The van der Waals surface area contributed by atoms with Crippen molar-refractivity contribution in [2.45, 2.75) is 6.54 Å². The first-order valence-electron chi connectivity index (χ1n) is 6.61. The molecule has 0 bridgehead atoms. The van der Waals surface area contributed by atoms with Gasteiger partial charge in [0.05, 0.1) is 6.54 Å². The number of nitrogens with zero attached hydrogens (tertiary/aromatic N) is 1. The van der Waals surface area contributed by atoms with Gasteiger partial charge in [-0.1, -0.05) is 54.6 Å². The second kappa shape index (κ2) is 5.89. The molecule has 1 N–H and O–H groups in total. The maximum Gasteiger partial charge on any atom is 0.182 e. The topological polar surface area (TPSA) is 45.9 Å². The maximum atomic E-state index is 12.2. The molecule has 0 radical (unpaired) electrons. The Bertz CT molecular complexity index is 801. The number of ketones is 1. The quantitative estimate of drug-likeness (QED) is 0.734. The summed E-state index contributed by atoms with van der Waals surface area (Å²) in [6.45, 7) is 0.215. The Labute approximate surface area is 126 Å². The van der Waals surface area contributed by atoms with E-state index >= 15 is 0 Å². The van der Waals surface area contributed by atoms with Gasteiger partial charge in [0.2, 0.25) is 0 Å². The van der Waals surface area contributed by atoms with Gasteiger partial charge >= 0.3 is 0 Å². The molecule has 0 spiro atoms. The number of thiazole rings is 1. The van der Waals surface area contributed by atoms with Crippen LogP contribution in [0.5, 0.6) is 0 Å². The predicted octanol–water partition coefficient (Wildman–Crippen LogP) is 3.58. The number of aromatic nitrogens is 1. The molecule has 2 aromatic carbocycles. The molecule has 0 aliphatic carbocycles. The lowest BCUT2D eigenvalue weighted by Gasteiger charge is -2.05. The van der Waals surface area contributed by atoms with Crippen LogP contribution in [0.15, 0.2) is 66.2 Å². The third-order valence-electron chi connectivity index (χ3n) is 3.31. The number of Topliss-reactive ketones (excluding diaryl/α,β-unsaturated/α-hetero) is 1. The fraction of sp³-hybridized carbons (Fsp3) is 0.0588. The molecule has 1 aromatic heterocycles. The number of nitrogens with one attached hydrogen (secondary N) is 1. The Morgan fingerprint density at radius 1 is 1.00 bits per heavy atom. The largest absolute Gasteiger partial charge is 0.316 e. The van der Waals surface area contributed by atoms with Crippen LogP contribution < -0.4 is 4.80 Å². The molecule has 0 saturated heterocycles. The van der Waals surface area contributed by atoms with Crippen LogP contribution >= 0.6 is 11.3 Å². The van der Waals surface area contributed by atoms with Gasteiger partial charge in [-0.05, 0) is 11.1 Å². The van der Waals surface area contributed by atoms with Crippen molar-refractivity contribution in [3.8, 4) is 11.1 Å². The third-order valence-corrected chi connectivity index (χ3v) is 4.02. The van der Waals surface area contributed by atoms with Crippen molar-refractivity contribution in [3.05, 3.63) is 76.5 Å². The van der Waals surface area contributed by atoms with Gasteiger partial charge in [-0.25, -0.2) is 0 Å². The average molecular weight is 294 g/mol. The highest BCUT2D eigenvalue weighted by molar-refractivity contribution is 7.06. The van der Waals surface area contributed by atoms with Crippen LogP contribution in [0.1, 0.15) is 10.4 Å². The van der Waals surface area contributed by atoms with E-state index in [0.29, 0.717) is 10.4 Å². The maximum absolute atomic E-state index is 12.2. The van der Waals surface area contributed by atoms with E-state index in [1.54, 1.807) is 10.8 Å². The Morgan fingerprint density at radius 3 is 2.29 bits per heavy atom. The van der Waals surface area contributed by atoms with Crippen molar-refractivity contribution in [2.24, 2.45) is 0 Å². The van der Waals surface area contributed by atoms with Crippen molar-refractivity contribution in [1.29, 1.82) is 5.41 Å². The molecule has 21 heavy (non-hydrogen) atoms. The second-order valence-corrected chi connectivity index (χ2v) is 5.60. The first-order valence-corrected chi connectivity index (χ1v) is 7.49. The zero-order chi connectivity index (χ0) is 14.7. The van der Waals surface area contributed by atoms with Crippen molar-refractivity contribution < 1.29 is 4.79 Å². The van der Waals surface area contributed by atoms with Crippen LogP contribution in [-0.4, -0.2) is 10.4 Å². The highest BCUT2D eigenvalue weighted by Crippen LogP contribution is 2.19. The van der Waals surface area contributed by atoms with Crippen molar-refractivity contribution in [3.63, 3.8) is 0 Å². The van der Waals surface area contributed by atoms with E-state index in [1.165, 1.54) is 11.3 Å². The van der Waals surface area contributed by atoms with Gasteiger partial charge in [-0.2, -0.15) is 0 Å². The van der Waals surface area contributed by atoms with Crippen molar-refractivity contribution in [2.75, 3.05) is 0 Å². The van der Waals surface area contributed by atoms with Crippen molar-refractivity contribution >= 4 is 17.1 Å². The summed E-state index contributed by atoms with van der Waals surface area (Å²) in [4.78, 5) is 12.6. The molecule has 0 atom stereocenters. The van der Waals surface area contributed by atoms with Gasteiger partial charge in [0.1, 0.15) is 0 Å². The summed E-state index contributed by atoms with van der Waals surface area (Å²) in [5.74, 6) is 0.0199. The zero-order valence-electron chi connectivity index (χ0n) is 11.3. The zero-order valence-corrected chi connectivity index (χ0v) is 12.1. The summed E-state index contributed by atoms with van der Waals surface area (Å²) in [5, 5.41) is 9.50. The molecule has 0 amide bonds. The summed E-state index contributed by atoms with van der Waals surface area (Å²) < 4.78 is 1.65. The van der Waals surface area contributed by atoms with Gasteiger partial charge in [0, 0.05) is 17.1 Å². The Kier molecular flexibility index (Phi) is 3.79. The first-order chi connectivity index (χ1) is 10.2. The summed E-state index contributed by atoms with van der Waals surface area (Å²) in [7, 11) is 0. The van der Waals surface area contributed by atoms with E-state index in [0.717, 1.165) is 11.1 Å². The molecule has 1 heterocycles. The highest BCUT2D eigenvalue weighted by Gasteiger charge is 2.07. The summed E-state index contributed by atoms with van der Waals surface area (Å²) >= 11 is 1.32. The molecule has 4 heteroatoms. The van der Waals surface area contributed by atoms with E-state index in [9.17, 15) is 4.79 Å². The minimum atomic E-state index is 0.0199. The molecule has 3 rings (SSSR count). The average Bonchev–Trinajstić information content (AvgIpc) is 2.93. The van der Waals surface area contributed by atoms with E-state index in [2.05, 4.69) is 0 Å². The van der Waals surface area contributed by atoms with Crippen LogP contribution in [-0.2, 0) is 6.54 Å². The van der Waals surface area contributed by atoms with Crippen LogP contribution in [0.2, 0.25) is 0 Å². The smallest absolute Gasteiger partial charge is 0.182 e. The lowest BCUT2D eigenvalue weighted by atomic mass is 10.0. The Morgan fingerprint density at radius 2 is 1.67 bits per heavy atom. The van der Waals surface area contributed by atoms with Gasteiger partial charge in [-0.3, -0.25) is 10.2 Å². The molecule has 0 aliphatic rings. The lowest BCUT2D eigenvalue weighted by molar-refractivity contribution is 0.0971. The third kappa shape index (κ3) is 3.01. The van der Waals surface area contributed by atoms with Crippen LogP contribution in [0.4, 0.5) is 0 Å². The lowest BCUT2D eigenvalue weighted by Crippen LogP contribution is -2.18. The molecular formula is C17H14N2OS. The van der Waals surface area contributed by atoms with Gasteiger partial charge in [-0.15, -0.1) is 11.3 Å². The van der Waals surface area contributed by atoms with Crippen molar-refractivity contribution in [1.82, 2.24) is 4.57 Å². The molecule has 0 fully saturated rings. The summed E-state index contributed by atoms with van der Waals surface area (Å²) in [6.07, 6.45) is 1.77. The first kappa shape index (κ1) is 13.5. The summed E-state index contributed by atoms with van der Waals surface area (Å²) in [6, 6.07) is 17.7. The fourth-order valence-electron chi connectivity index (χ4n) is 2.15. The van der Waals surface area contributed by atoms with Crippen LogP contribution in [0, 0.1) is 5.41 Å². The number of benzene rings is 2. The minimum absolute atomic E-state index is 0.0199. The Hall–Kier alpha value is -2.46. The SMILES string of the molecule is N=c1sccn1CC(=O)c1ccc(-c2ccccc2)cc1. The fourth-order valence-corrected chi connectivity index (χ4v) is 2.75. The molecule has 0 aliphatic heterocycles. The number of hydrogen-bond donors (Lipinski definition) is 1. The molecule has 3 nitrogen and oxygen atoms in total. The number of carbonyl (C=O) groups excluding carboxylic acids is 1. The van der Waals surface area contributed by atoms with Gasteiger partial charge in [0.25, 0.3) is 0 Å². The van der Waals surface area contributed by atoms with Crippen LogP contribution in [0.25, 0.3) is 11.1 Å². The Balaban J connectivity index is 1.80. The molecule has 0 unspecified atom stereocenters. The molecule has 0 saturated carbocycles. The number of rotatable bonds is 4. The van der Waals surface area contributed by atoms with E-state index < -0.39 is 0 Å². The number of hydrogen-bond acceptors (Lipinski definition) is 3.